The summed E-state index contributed by atoms with van der Waals surface area (Å²) in [4.78, 5) is 13.0. The molecule has 18 heavy (non-hydrogen) atoms. The predicted octanol–water partition coefficient (Wildman–Crippen LogP) is 2.06. The average Bonchev–Trinajstić information content (AvgIpc) is 2.72. The molecule has 0 aliphatic carbocycles. The van der Waals surface area contributed by atoms with E-state index in [1.807, 2.05) is 6.92 Å². The van der Waals surface area contributed by atoms with Gasteiger partial charge < -0.3 is 15.0 Å². The molecule has 0 aromatic heterocycles. The van der Waals surface area contributed by atoms with Crippen LogP contribution in [0.4, 0.5) is 13.6 Å². The van der Waals surface area contributed by atoms with Crippen molar-refractivity contribution >= 4 is 6.03 Å². The van der Waals surface area contributed by atoms with Gasteiger partial charge in [-0.1, -0.05) is 0 Å². The molecule has 1 saturated heterocycles. The van der Waals surface area contributed by atoms with Gasteiger partial charge in [-0.25, -0.2) is 13.6 Å². The lowest BCUT2D eigenvalue weighted by molar-refractivity contribution is 0.219. The maximum atomic E-state index is 13.8. The Bertz CT molecular complexity index is 479. The van der Waals surface area contributed by atoms with E-state index >= 15 is 0 Å². The van der Waals surface area contributed by atoms with Crippen molar-refractivity contribution in [2.75, 3.05) is 20.2 Å². The molecule has 1 heterocycles. The Kier molecular flexibility index (Phi) is 3.36. The van der Waals surface area contributed by atoms with Crippen LogP contribution in [-0.4, -0.2) is 31.1 Å². The summed E-state index contributed by atoms with van der Waals surface area (Å²) in [5.41, 5.74) is 0.137. The number of carbonyl (C=O) groups is 1. The van der Waals surface area contributed by atoms with Crippen LogP contribution in [0.2, 0.25) is 0 Å². The molecule has 1 aromatic rings. The van der Waals surface area contributed by atoms with Gasteiger partial charge >= 0.3 is 6.03 Å². The summed E-state index contributed by atoms with van der Waals surface area (Å²) in [7, 11) is 1.27. The molecule has 0 bridgehead atoms. The Morgan fingerprint density at radius 1 is 1.44 bits per heavy atom. The van der Waals surface area contributed by atoms with Crippen molar-refractivity contribution in [2.45, 2.75) is 13.0 Å². The monoisotopic (exact) mass is 256 g/mol. The Labute approximate surface area is 104 Å². The smallest absolute Gasteiger partial charge is 0.318 e. The van der Waals surface area contributed by atoms with E-state index in [0.717, 1.165) is 12.1 Å². The number of ether oxygens (including phenoxy) is 1. The molecule has 4 nitrogen and oxygen atoms in total. The van der Waals surface area contributed by atoms with Crippen LogP contribution in [-0.2, 0) is 0 Å². The van der Waals surface area contributed by atoms with Crippen molar-refractivity contribution in [1.29, 1.82) is 0 Å². The number of halogens is 2. The number of rotatable bonds is 3. The summed E-state index contributed by atoms with van der Waals surface area (Å²) in [5, 5.41) is 2.62. The summed E-state index contributed by atoms with van der Waals surface area (Å²) < 4.78 is 32.0. The van der Waals surface area contributed by atoms with Gasteiger partial charge in [-0.05, 0) is 13.0 Å². The lowest BCUT2D eigenvalue weighted by Gasteiger charge is -2.13. The number of hydrogen-bond acceptors (Lipinski definition) is 2. The largest absolute Gasteiger partial charge is 0.494 e. The lowest BCUT2D eigenvalue weighted by atomic mass is 10.1. The Balaban J connectivity index is 2.30. The number of amides is 2. The molecule has 6 heteroatoms. The minimum absolute atomic E-state index is 0.137. The van der Waals surface area contributed by atoms with Crippen molar-refractivity contribution < 1.29 is 18.3 Å². The van der Waals surface area contributed by atoms with Crippen LogP contribution in [0, 0.1) is 11.6 Å². The van der Waals surface area contributed by atoms with E-state index < -0.39 is 17.7 Å². The van der Waals surface area contributed by atoms with Gasteiger partial charge in [0, 0.05) is 24.7 Å². The summed E-state index contributed by atoms with van der Waals surface area (Å²) >= 11 is 0. The second kappa shape index (κ2) is 4.80. The molecular weight excluding hydrogens is 242 g/mol. The van der Waals surface area contributed by atoms with Gasteiger partial charge in [-0.15, -0.1) is 0 Å². The second-order valence-corrected chi connectivity index (χ2v) is 4.05. The predicted molar refractivity (Wildman–Crippen MR) is 61.4 cm³/mol. The van der Waals surface area contributed by atoms with Gasteiger partial charge in [-0.3, -0.25) is 0 Å². The highest BCUT2D eigenvalue weighted by Crippen LogP contribution is 2.28. The highest BCUT2D eigenvalue weighted by atomic mass is 19.1. The van der Waals surface area contributed by atoms with Crippen molar-refractivity contribution in [3.05, 3.63) is 29.3 Å². The van der Waals surface area contributed by atoms with Crippen molar-refractivity contribution in [3.8, 4) is 5.75 Å². The number of hydrogen-bond donors (Lipinski definition) is 1. The SMILES string of the molecule is CCN1CC(c2cc(F)c(OC)cc2F)NC1=O. The first-order valence-electron chi connectivity index (χ1n) is 5.65. The van der Waals surface area contributed by atoms with E-state index in [-0.39, 0.29) is 17.3 Å². The van der Waals surface area contributed by atoms with Crippen LogP contribution in [0.5, 0.6) is 5.75 Å². The molecule has 0 radical (unpaired) electrons. The van der Waals surface area contributed by atoms with Gasteiger partial charge in [0.25, 0.3) is 0 Å². The van der Waals surface area contributed by atoms with E-state index in [1.54, 1.807) is 0 Å². The number of benzene rings is 1. The molecule has 2 amide bonds. The second-order valence-electron chi connectivity index (χ2n) is 4.05. The topological polar surface area (TPSA) is 41.6 Å². The Morgan fingerprint density at radius 2 is 2.17 bits per heavy atom. The van der Waals surface area contributed by atoms with Gasteiger partial charge in [0.2, 0.25) is 0 Å². The van der Waals surface area contributed by atoms with Crippen molar-refractivity contribution in [2.24, 2.45) is 0 Å². The van der Waals surface area contributed by atoms with E-state index in [0.29, 0.717) is 13.1 Å². The van der Waals surface area contributed by atoms with Gasteiger partial charge in [0.1, 0.15) is 5.82 Å². The summed E-state index contributed by atoms with van der Waals surface area (Å²) in [6.07, 6.45) is 0. The zero-order chi connectivity index (χ0) is 13.3. The van der Waals surface area contributed by atoms with Crippen molar-refractivity contribution in [1.82, 2.24) is 10.2 Å². The minimum Gasteiger partial charge on any atom is -0.494 e. The third-order valence-corrected chi connectivity index (χ3v) is 3.02. The fraction of sp³-hybridized carbons (Fsp3) is 0.417. The molecule has 2 rings (SSSR count). The number of nitrogens with zero attached hydrogens (tertiary/aromatic N) is 1. The maximum Gasteiger partial charge on any atom is 0.318 e. The molecular formula is C12H14F2N2O2. The third-order valence-electron chi connectivity index (χ3n) is 3.02. The molecule has 1 aromatic carbocycles. The molecule has 98 valence electrons. The first-order chi connectivity index (χ1) is 8.56. The number of carbonyl (C=O) groups excluding carboxylic acids is 1. The van der Waals surface area contributed by atoms with E-state index in [4.69, 9.17) is 4.74 Å². The molecule has 1 fully saturated rings. The number of urea groups is 1. The van der Waals surface area contributed by atoms with Crippen LogP contribution in [0.3, 0.4) is 0 Å². The highest BCUT2D eigenvalue weighted by molar-refractivity contribution is 5.77. The van der Waals surface area contributed by atoms with Crippen LogP contribution in [0.15, 0.2) is 12.1 Å². The van der Waals surface area contributed by atoms with Gasteiger partial charge in [-0.2, -0.15) is 0 Å². The molecule has 1 aliphatic rings. The average molecular weight is 256 g/mol. The molecule has 0 saturated carbocycles. The normalized spacial score (nSPS) is 19.0. The zero-order valence-corrected chi connectivity index (χ0v) is 10.2. The molecule has 1 aliphatic heterocycles. The van der Waals surface area contributed by atoms with Gasteiger partial charge in [0.15, 0.2) is 11.6 Å². The number of methoxy groups -OCH3 is 1. The molecule has 1 unspecified atom stereocenters. The zero-order valence-electron chi connectivity index (χ0n) is 10.2. The lowest BCUT2D eigenvalue weighted by Crippen LogP contribution is -2.27. The van der Waals surface area contributed by atoms with Crippen molar-refractivity contribution in [3.63, 3.8) is 0 Å². The standard InChI is InChI=1S/C12H14F2N2O2/c1-3-16-6-10(15-12(16)17)7-4-9(14)11(18-2)5-8(7)13/h4-5,10H,3,6H2,1-2H3,(H,15,17). The first kappa shape index (κ1) is 12.6. The van der Waals surface area contributed by atoms with Crippen LogP contribution >= 0.6 is 0 Å². The van der Waals surface area contributed by atoms with E-state index in [9.17, 15) is 13.6 Å². The van der Waals surface area contributed by atoms with Gasteiger partial charge in [0.05, 0.1) is 13.2 Å². The summed E-state index contributed by atoms with van der Waals surface area (Å²) in [5.74, 6) is -1.37. The molecule has 1 atom stereocenters. The quantitative estimate of drug-likeness (QED) is 0.899. The first-order valence-corrected chi connectivity index (χ1v) is 5.65. The maximum absolute atomic E-state index is 13.8. The summed E-state index contributed by atoms with van der Waals surface area (Å²) in [6.45, 7) is 2.69. The minimum atomic E-state index is -0.641. The Morgan fingerprint density at radius 3 is 2.72 bits per heavy atom. The third kappa shape index (κ3) is 2.10. The molecule has 0 spiro atoms. The Hall–Kier alpha value is -1.85. The fourth-order valence-electron chi connectivity index (χ4n) is 2.01. The van der Waals surface area contributed by atoms with Crippen LogP contribution < -0.4 is 10.1 Å². The number of nitrogens with one attached hydrogen (secondary N) is 1. The van der Waals surface area contributed by atoms with Crippen LogP contribution in [0.1, 0.15) is 18.5 Å². The number of likely N-dealkylation sites (N-methyl/N-ethyl adjacent to an activating group) is 1. The van der Waals surface area contributed by atoms with E-state index in [2.05, 4.69) is 5.32 Å². The van der Waals surface area contributed by atoms with Crippen LogP contribution in [0.25, 0.3) is 0 Å². The fourth-order valence-corrected chi connectivity index (χ4v) is 2.01. The highest BCUT2D eigenvalue weighted by Gasteiger charge is 2.31. The summed E-state index contributed by atoms with van der Waals surface area (Å²) in [6, 6.07) is 1.26. The van der Waals surface area contributed by atoms with E-state index in [1.165, 1.54) is 12.0 Å². The molecule has 1 N–H and O–H groups in total.